The van der Waals surface area contributed by atoms with Crippen LogP contribution >= 0.6 is 0 Å². The minimum Gasteiger partial charge on any atom is -0.313 e. The SMILES string of the molecule is CCS(=O)(=O)N1CCCC1CCc1nncn1Cc1ccccc1. The Labute approximate surface area is 143 Å². The molecule has 1 aliphatic rings. The second-order valence-corrected chi connectivity index (χ2v) is 8.42. The fraction of sp³-hybridized carbons (Fsp3) is 0.529. The summed E-state index contributed by atoms with van der Waals surface area (Å²) in [4.78, 5) is 0. The van der Waals surface area contributed by atoms with Crippen LogP contribution in [0.5, 0.6) is 0 Å². The van der Waals surface area contributed by atoms with Crippen molar-refractivity contribution in [3.8, 4) is 0 Å². The molecule has 0 aliphatic carbocycles. The van der Waals surface area contributed by atoms with Gasteiger partial charge in [0.2, 0.25) is 10.0 Å². The van der Waals surface area contributed by atoms with E-state index in [0.29, 0.717) is 6.54 Å². The third-order valence-electron chi connectivity index (χ3n) is 4.64. The van der Waals surface area contributed by atoms with Gasteiger partial charge in [0.1, 0.15) is 12.2 Å². The Morgan fingerprint density at radius 3 is 2.79 bits per heavy atom. The highest BCUT2D eigenvalue weighted by atomic mass is 32.2. The highest BCUT2D eigenvalue weighted by molar-refractivity contribution is 7.89. The molecule has 1 aromatic heterocycles. The van der Waals surface area contributed by atoms with Crippen molar-refractivity contribution in [1.82, 2.24) is 19.1 Å². The lowest BCUT2D eigenvalue weighted by molar-refractivity contribution is 0.368. The van der Waals surface area contributed by atoms with Crippen LogP contribution in [-0.2, 0) is 23.0 Å². The second-order valence-electron chi connectivity index (χ2n) is 6.21. The first-order chi connectivity index (χ1) is 11.6. The van der Waals surface area contributed by atoms with E-state index in [1.807, 2.05) is 22.8 Å². The van der Waals surface area contributed by atoms with Gasteiger partial charge in [0.25, 0.3) is 0 Å². The number of hydrogen-bond acceptors (Lipinski definition) is 4. The predicted molar refractivity (Wildman–Crippen MR) is 93.1 cm³/mol. The van der Waals surface area contributed by atoms with Gasteiger partial charge in [0, 0.05) is 19.0 Å². The van der Waals surface area contributed by atoms with Crippen molar-refractivity contribution in [3.63, 3.8) is 0 Å². The quantitative estimate of drug-likeness (QED) is 0.768. The van der Waals surface area contributed by atoms with Crippen LogP contribution in [0.4, 0.5) is 0 Å². The van der Waals surface area contributed by atoms with E-state index in [0.717, 1.165) is 38.1 Å². The first kappa shape index (κ1) is 17.1. The van der Waals surface area contributed by atoms with Crippen LogP contribution in [0.15, 0.2) is 36.7 Å². The molecule has 3 rings (SSSR count). The Morgan fingerprint density at radius 1 is 1.25 bits per heavy atom. The Morgan fingerprint density at radius 2 is 2.04 bits per heavy atom. The van der Waals surface area contributed by atoms with Gasteiger partial charge in [0.05, 0.1) is 12.3 Å². The van der Waals surface area contributed by atoms with Crippen LogP contribution in [0.2, 0.25) is 0 Å². The molecule has 0 bridgehead atoms. The number of benzene rings is 1. The highest BCUT2D eigenvalue weighted by Crippen LogP contribution is 2.25. The molecule has 1 unspecified atom stereocenters. The number of aromatic nitrogens is 3. The molecule has 2 aromatic rings. The number of aryl methyl sites for hydroxylation is 1. The smallest absolute Gasteiger partial charge is 0.214 e. The van der Waals surface area contributed by atoms with E-state index in [9.17, 15) is 8.42 Å². The molecule has 0 radical (unpaired) electrons. The molecule has 1 atom stereocenters. The van der Waals surface area contributed by atoms with Gasteiger partial charge in [-0.15, -0.1) is 10.2 Å². The van der Waals surface area contributed by atoms with E-state index in [4.69, 9.17) is 0 Å². The molecule has 7 heteroatoms. The molecule has 1 fully saturated rings. The summed E-state index contributed by atoms with van der Waals surface area (Å²) in [5.74, 6) is 1.09. The molecule has 1 aromatic carbocycles. The summed E-state index contributed by atoms with van der Waals surface area (Å²) >= 11 is 0. The summed E-state index contributed by atoms with van der Waals surface area (Å²) in [5, 5.41) is 8.25. The first-order valence-corrected chi connectivity index (χ1v) is 10.1. The Kier molecular flexibility index (Phi) is 5.30. The predicted octanol–water partition coefficient (Wildman–Crippen LogP) is 2.07. The Bertz CT molecular complexity index is 758. The van der Waals surface area contributed by atoms with E-state index >= 15 is 0 Å². The Hall–Kier alpha value is -1.73. The van der Waals surface area contributed by atoms with Gasteiger partial charge in [-0.05, 0) is 31.7 Å². The molecule has 130 valence electrons. The number of hydrogen-bond donors (Lipinski definition) is 0. The highest BCUT2D eigenvalue weighted by Gasteiger charge is 2.32. The van der Waals surface area contributed by atoms with Crippen LogP contribution in [-0.4, -0.2) is 45.8 Å². The topological polar surface area (TPSA) is 68.1 Å². The van der Waals surface area contributed by atoms with Gasteiger partial charge >= 0.3 is 0 Å². The van der Waals surface area contributed by atoms with Crippen molar-refractivity contribution < 1.29 is 8.42 Å². The molecule has 1 saturated heterocycles. The average molecular weight is 348 g/mol. The van der Waals surface area contributed by atoms with E-state index in [-0.39, 0.29) is 11.8 Å². The Balaban J connectivity index is 1.64. The normalized spacial score (nSPS) is 19.0. The van der Waals surface area contributed by atoms with Gasteiger partial charge in [-0.3, -0.25) is 0 Å². The summed E-state index contributed by atoms with van der Waals surface area (Å²) in [6, 6.07) is 10.3. The molecule has 0 spiro atoms. The summed E-state index contributed by atoms with van der Waals surface area (Å²) in [6.45, 7) is 3.10. The lowest BCUT2D eigenvalue weighted by Crippen LogP contribution is -2.36. The van der Waals surface area contributed by atoms with Crippen LogP contribution in [0.25, 0.3) is 0 Å². The molecule has 6 nitrogen and oxygen atoms in total. The molecule has 0 amide bonds. The molecule has 0 N–H and O–H groups in total. The van der Waals surface area contributed by atoms with Crippen molar-refractivity contribution in [2.24, 2.45) is 0 Å². The summed E-state index contributed by atoms with van der Waals surface area (Å²) in [6.07, 6.45) is 5.17. The minimum atomic E-state index is -3.11. The fourth-order valence-corrected chi connectivity index (χ4v) is 4.71. The lowest BCUT2D eigenvalue weighted by Gasteiger charge is -2.23. The van der Waals surface area contributed by atoms with E-state index in [1.165, 1.54) is 5.56 Å². The number of nitrogens with zero attached hydrogens (tertiary/aromatic N) is 4. The fourth-order valence-electron chi connectivity index (χ4n) is 3.31. The van der Waals surface area contributed by atoms with E-state index < -0.39 is 10.0 Å². The van der Waals surface area contributed by atoms with Crippen molar-refractivity contribution >= 4 is 10.0 Å². The first-order valence-electron chi connectivity index (χ1n) is 8.50. The van der Waals surface area contributed by atoms with Crippen molar-refractivity contribution in [2.75, 3.05) is 12.3 Å². The number of rotatable bonds is 7. The zero-order valence-electron chi connectivity index (χ0n) is 14.0. The maximum atomic E-state index is 12.2. The van der Waals surface area contributed by atoms with Crippen LogP contribution in [0.3, 0.4) is 0 Å². The largest absolute Gasteiger partial charge is 0.313 e. The molecule has 2 heterocycles. The van der Waals surface area contributed by atoms with Gasteiger partial charge in [-0.2, -0.15) is 4.31 Å². The van der Waals surface area contributed by atoms with Crippen LogP contribution in [0, 0.1) is 0 Å². The maximum absolute atomic E-state index is 12.2. The van der Waals surface area contributed by atoms with E-state index in [1.54, 1.807) is 17.6 Å². The third kappa shape index (κ3) is 3.84. The molecule has 1 aliphatic heterocycles. The molecular formula is C17H24N4O2S. The monoisotopic (exact) mass is 348 g/mol. The minimum absolute atomic E-state index is 0.0943. The second kappa shape index (κ2) is 7.44. The molecule has 0 saturated carbocycles. The van der Waals surface area contributed by atoms with Crippen molar-refractivity contribution in [2.45, 2.75) is 45.2 Å². The number of sulfonamides is 1. The van der Waals surface area contributed by atoms with Crippen LogP contribution in [0.1, 0.15) is 37.6 Å². The van der Waals surface area contributed by atoms with Gasteiger partial charge in [-0.1, -0.05) is 30.3 Å². The summed E-state index contributed by atoms with van der Waals surface area (Å²) in [5.41, 5.74) is 1.20. The standard InChI is InChI=1S/C17H24N4O2S/c1-2-24(22,23)21-12-6-9-16(21)10-11-17-19-18-14-20(17)13-15-7-4-3-5-8-15/h3-5,7-8,14,16H,2,6,9-13H2,1H3. The summed E-state index contributed by atoms with van der Waals surface area (Å²) < 4.78 is 28.1. The lowest BCUT2D eigenvalue weighted by atomic mass is 10.1. The van der Waals surface area contributed by atoms with Crippen LogP contribution < -0.4 is 0 Å². The third-order valence-corrected chi connectivity index (χ3v) is 6.56. The zero-order valence-corrected chi connectivity index (χ0v) is 14.8. The maximum Gasteiger partial charge on any atom is 0.214 e. The van der Waals surface area contributed by atoms with Gasteiger partial charge in [0.15, 0.2) is 0 Å². The van der Waals surface area contributed by atoms with Crippen molar-refractivity contribution in [3.05, 3.63) is 48.0 Å². The average Bonchev–Trinajstić information content (AvgIpc) is 3.23. The van der Waals surface area contributed by atoms with E-state index in [2.05, 4.69) is 22.3 Å². The zero-order chi connectivity index (χ0) is 17.0. The summed E-state index contributed by atoms with van der Waals surface area (Å²) in [7, 11) is -3.11. The van der Waals surface area contributed by atoms with Crippen molar-refractivity contribution in [1.29, 1.82) is 0 Å². The molecule has 24 heavy (non-hydrogen) atoms. The van der Waals surface area contributed by atoms with Gasteiger partial charge in [-0.25, -0.2) is 8.42 Å². The molecular weight excluding hydrogens is 324 g/mol. The van der Waals surface area contributed by atoms with Gasteiger partial charge < -0.3 is 4.57 Å².